The molecule has 0 saturated carbocycles. The number of aromatic nitrogens is 2. The number of carbonyl (C=O) groups is 1. The average Bonchev–Trinajstić information content (AvgIpc) is 3.34. The minimum Gasteiger partial charge on any atom is -0.493 e. The maximum Gasteiger partial charge on any atom is 0.276 e. The number of para-hydroxylation sites is 2. The fourth-order valence-electron chi connectivity index (χ4n) is 3.13. The number of carbonyl (C=O) groups excluding carboxylic acids is 1. The number of ether oxygens (including phenoxy) is 3. The van der Waals surface area contributed by atoms with E-state index in [2.05, 4.69) is 10.4 Å². The van der Waals surface area contributed by atoms with Crippen molar-refractivity contribution in [3.63, 3.8) is 0 Å². The number of nitro groups is 1. The summed E-state index contributed by atoms with van der Waals surface area (Å²) in [4.78, 5) is 23.6. The molecule has 3 aromatic carbocycles. The number of methoxy groups -OCH3 is 1. The molecule has 4 aromatic rings. The average molecular weight is 529 g/mol. The molecule has 1 N–H and O–H groups in total. The molecule has 10 nitrogen and oxygen atoms in total. The minimum absolute atomic E-state index is 0.0267. The summed E-state index contributed by atoms with van der Waals surface area (Å²) in [6.07, 6.45) is 1.54. The molecule has 12 heteroatoms. The Morgan fingerprint density at radius 1 is 1.06 bits per heavy atom. The lowest BCUT2D eigenvalue weighted by atomic mass is 10.2. The summed E-state index contributed by atoms with van der Waals surface area (Å²) in [7, 11) is 1.48. The van der Waals surface area contributed by atoms with Crippen LogP contribution >= 0.6 is 23.2 Å². The molecule has 36 heavy (non-hydrogen) atoms. The molecule has 0 saturated heterocycles. The topological polar surface area (TPSA) is 118 Å². The molecule has 0 radical (unpaired) electrons. The first-order chi connectivity index (χ1) is 17.3. The lowest BCUT2D eigenvalue weighted by Crippen LogP contribution is -2.14. The van der Waals surface area contributed by atoms with Crippen molar-refractivity contribution < 1.29 is 23.9 Å². The number of anilines is 1. The summed E-state index contributed by atoms with van der Waals surface area (Å²) in [5.41, 5.74) is -0.0554. The van der Waals surface area contributed by atoms with Crippen LogP contribution in [-0.4, -0.2) is 27.7 Å². The number of rotatable bonds is 9. The fourth-order valence-corrected chi connectivity index (χ4v) is 3.48. The minimum atomic E-state index is -0.586. The highest BCUT2D eigenvalue weighted by atomic mass is 35.5. The van der Waals surface area contributed by atoms with Crippen molar-refractivity contribution in [2.75, 3.05) is 12.4 Å². The van der Waals surface area contributed by atoms with E-state index < -0.39 is 10.8 Å². The Balaban J connectivity index is 1.48. The van der Waals surface area contributed by atoms with Crippen LogP contribution in [0, 0.1) is 10.1 Å². The van der Waals surface area contributed by atoms with Crippen molar-refractivity contribution in [3.8, 4) is 23.0 Å². The van der Waals surface area contributed by atoms with Gasteiger partial charge in [0.1, 0.15) is 16.5 Å². The molecule has 0 spiro atoms. The van der Waals surface area contributed by atoms with Gasteiger partial charge in [0.2, 0.25) is 0 Å². The number of hydrogen-bond donors (Lipinski definition) is 1. The number of benzene rings is 3. The molecule has 4 rings (SSSR count). The van der Waals surface area contributed by atoms with Crippen LogP contribution in [0.4, 0.5) is 11.4 Å². The summed E-state index contributed by atoms with van der Waals surface area (Å²) < 4.78 is 18.0. The van der Waals surface area contributed by atoms with Crippen LogP contribution in [0.2, 0.25) is 10.0 Å². The van der Waals surface area contributed by atoms with E-state index >= 15 is 0 Å². The Labute approximate surface area is 215 Å². The van der Waals surface area contributed by atoms with Crippen molar-refractivity contribution in [2.45, 2.75) is 6.73 Å². The van der Waals surface area contributed by atoms with Gasteiger partial charge in [0.05, 0.1) is 28.8 Å². The first-order valence-electron chi connectivity index (χ1n) is 10.4. The second-order valence-electron chi connectivity index (χ2n) is 7.25. The molecule has 184 valence electrons. The van der Waals surface area contributed by atoms with E-state index in [1.165, 1.54) is 42.3 Å². The Morgan fingerprint density at radius 3 is 2.56 bits per heavy atom. The summed E-state index contributed by atoms with van der Waals surface area (Å²) in [6, 6.07) is 17.2. The third-order valence-electron chi connectivity index (χ3n) is 4.80. The van der Waals surface area contributed by atoms with Crippen LogP contribution in [0.1, 0.15) is 10.5 Å². The van der Waals surface area contributed by atoms with Gasteiger partial charge >= 0.3 is 0 Å². The van der Waals surface area contributed by atoms with Gasteiger partial charge in [0, 0.05) is 18.3 Å². The van der Waals surface area contributed by atoms with E-state index in [-0.39, 0.29) is 34.6 Å². The van der Waals surface area contributed by atoms with Gasteiger partial charge in [-0.2, -0.15) is 5.10 Å². The van der Waals surface area contributed by atoms with Gasteiger partial charge in [-0.3, -0.25) is 14.9 Å². The predicted molar refractivity (Wildman–Crippen MR) is 133 cm³/mol. The largest absolute Gasteiger partial charge is 0.493 e. The summed E-state index contributed by atoms with van der Waals surface area (Å²) in [6.45, 7) is -0.0267. The number of amides is 1. The van der Waals surface area contributed by atoms with E-state index in [4.69, 9.17) is 37.4 Å². The summed E-state index contributed by atoms with van der Waals surface area (Å²) in [5, 5.41) is 18.8. The van der Waals surface area contributed by atoms with Gasteiger partial charge in [-0.1, -0.05) is 41.4 Å². The van der Waals surface area contributed by atoms with Crippen molar-refractivity contribution >= 4 is 40.5 Å². The third kappa shape index (κ3) is 5.85. The normalized spacial score (nSPS) is 10.5. The van der Waals surface area contributed by atoms with Crippen molar-refractivity contribution in [1.82, 2.24) is 9.78 Å². The smallest absolute Gasteiger partial charge is 0.276 e. The molecule has 0 bridgehead atoms. The maximum atomic E-state index is 12.8. The second kappa shape index (κ2) is 11.0. The summed E-state index contributed by atoms with van der Waals surface area (Å²) >= 11 is 12.1. The SMILES string of the molecule is COc1ccccc1Oc1cc(NC(=O)c2ccn(COc3cccc(Cl)c3Cl)n2)cc([N+](=O)[O-])c1. The van der Waals surface area contributed by atoms with Crippen LogP contribution in [0.5, 0.6) is 23.0 Å². The highest BCUT2D eigenvalue weighted by Crippen LogP contribution is 2.35. The van der Waals surface area contributed by atoms with Crippen LogP contribution in [0.25, 0.3) is 0 Å². The zero-order valence-corrected chi connectivity index (χ0v) is 20.2. The molecule has 0 aliphatic carbocycles. The lowest BCUT2D eigenvalue weighted by Gasteiger charge is -2.11. The first kappa shape index (κ1) is 24.8. The highest BCUT2D eigenvalue weighted by Gasteiger charge is 2.16. The van der Waals surface area contributed by atoms with Gasteiger partial charge in [0.25, 0.3) is 11.6 Å². The summed E-state index contributed by atoms with van der Waals surface area (Å²) in [5.74, 6) is 0.724. The van der Waals surface area contributed by atoms with Crippen LogP contribution < -0.4 is 19.5 Å². The molecule has 0 aliphatic rings. The standard InChI is InChI=1S/C24H18Cl2N4O6/c1-34-20-6-2-3-7-21(20)36-17-12-15(11-16(13-17)30(32)33)27-24(31)19-9-10-29(28-19)14-35-22-8-4-5-18(25)23(22)26/h2-13H,14H2,1H3,(H,27,31). The highest BCUT2D eigenvalue weighted by molar-refractivity contribution is 6.42. The number of nitro benzene ring substituents is 1. The molecule has 1 heterocycles. The van der Waals surface area contributed by atoms with Gasteiger partial charge in [-0.05, 0) is 30.3 Å². The number of nitrogens with one attached hydrogen (secondary N) is 1. The van der Waals surface area contributed by atoms with Gasteiger partial charge in [-0.25, -0.2) is 4.68 Å². The van der Waals surface area contributed by atoms with Crippen molar-refractivity contribution in [2.24, 2.45) is 0 Å². The number of non-ortho nitro benzene ring substituents is 1. The molecular formula is C24H18Cl2N4O6. The zero-order valence-electron chi connectivity index (χ0n) is 18.7. The Morgan fingerprint density at radius 2 is 1.81 bits per heavy atom. The Bertz CT molecular complexity index is 1430. The van der Waals surface area contributed by atoms with Crippen LogP contribution in [0.15, 0.2) is 72.9 Å². The van der Waals surface area contributed by atoms with Gasteiger partial charge in [0.15, 0.2) is 23.9 Å². The lowest BCUT2D eigenvalue weighted by molar-refractivity contribution is -0.384. The number of hydrogen-bond acceptors (Lipinski definition) is 7. The van der Waals surface area contributed by atoms with Crippen molar-refractivity contribution in [3.05, 3.63) is 98.8 Å². The number of halogens is 2. The van der Waals surface area contributed by atoms with Gasteiger partial charge < -0.3 is 19.5 Å². The molecule has 1 aromatic heterocycles. The molecule has 0 unspecified atom stereocenters. The molecule has 0 aliphatic heterocycles. The van der Waals surface area contributed by atoms with Crippen LogP contribution in [0.3, 0.4) is 0 Å². The van der Waals surface area contributed by atoms with E-state index in [1.54, 1.807) is 42.5 Å². The van der Waals surface area contributed by atoms with E-state index in [9.17, 15) is 14.9 Å². The Hall–Kier alpha value is -4.28. The fraction of sp³-hybridized carbons (Fsp3) is 0.0833. The van der Waals surface area contributed by atoms with Crippen molar-refractivity contribution in [1.29, 1.82) is 0 Å². The molecular weight excluding hydrogens is 511 g/mol. The van der Waals surface area contributed by atoms with Crippen LogP contribution in [-0.2, 0) is 6.73 Å². The molecule has 0 fully saturated rings. The number of nitrogens with zero attached hydrogens (tertiary/aromatic N) is 3. The van der Waals surface area contributed by atoms with E-state index in [0.717, 1.165) is 0 Å². The molecule has 1 amide bonds. The van der Waals surface area contributed by atoms with Gasteiger partial charge in [-0.15, -0.1) is 0 Å². The van der Waals surface area contributed by atoms with E-state index in [0.29, 0.717) is 22.3 Å². The zero-order chi connectivity index (χ0) is 25.7. The van der Waals surface area contributed by atoms with E-state index in [1.807, 2.05) is 0 Å². The Kier molecular flexibility index (Phi) is 7.57. The quantitative estimate of drug-likeness (QED) is 0.203. The first-order valence-corrected chi connectivity index (χ1v) is 11.1. The predicted octanol–water partition coefficient (Wildman–Crippen LogP) is 6.19. The molecule has 0 atom stereocenters. The maximum absolute atomic E-state index is 12.8. The monoisotopic (exact) mass is 528 g/mol. The third-order valence-corrected chi connectivity index (χ3v) is 5.60. The second-order valence-corrected chi connectivity index (χ2v) is 8.03.